The molecule has 0 radical (unpaired) electrons. The number of methoxy groups -OCH3 is 1. The quantitative estimate of drug-likeness (QED) is 0.455. The monoisotopic (exact) mass is 404 g/mol. The topological polar surface area (TPSA) is 51.5 Å². The summed E-state index contributed by atoms with van der Waals surface area (Å²) in [5.41, 5.74) is 1.42. The molecule has 2 aromatic carbocycles. The van der Waals surface area contributed by atoms with Crippen molar-refractivity contribution in [1.82, 2.24) is 8.87 Å². The lowest BCUT2D eigenvalue weighted by Gasteiger charge is -2.19. The molecule has 0 aliphatic carbocycles. The van der Waals surface area contributed by atoms with E-state index in [9.17, 15) is 8.42 Å². The Morgan fingerprint density at radius 3 is 2.30 bits per heavy atom. The number of para-hydroxylation sites is 1. The van der Waals surface area contributed by atoms with Gasteiger partial charge >= 0.3 is 0 Å². The van der Waals surface area contributed by atoms with Crippen molar-refractivity contribution in [2.75, 3.05) is 21.2 Å². The molecule has 0 amide bonds. The molecule has 0 saturated heterocycles. The zero-order chi connectivity index (χ0) is 19.8. The minimum Gasteiger partial charge on any atom is -0.497 e. The first-order valence-corrected chi connectivity index (χ1v) is 10.9. The number of thioether (sulfide) groups is 1. The Hall–Kier alpha value is -1.96. The summed E-state index contributed by atoms with van der Waals surface area (Å²) in [5.74, 6) is 0.624. The molecule has 0 N–H and O–H groups in total. The van der Waals surface area contributed by atoms with Crippen molar-refractivity contribution in [3.8, 4) is 5.75 Å². The first-order chi connectivity index (χ1) is 12.8. The standard InChI is InChI=1S/C20H24N2O3S2/c1-14-20(26-15(2)21(3)4)18-8-6-7-9-19(18)22(14)27(23,24)17-12-10-16(25-5)11-13-17/h6-13,15H,1-5H3. The second-order valence-electron chi connectivity index (χ2n) is 6.56. The van der Waals surface area contributed by atoms with E-state index in [4.69, 9.17) is 4.74 Å². The lowest BCUT2D eigenvalue weighted by atomic mass is 10.2. The van der Waals surface area contributed by atoms with Crippen LogP contribution in [0.3, 0.4) is 0 Å². The zero-order valence-corrected chi connectivity index (χ0v) is 17.8. The van der Waals surface area contributed by atoms with Gasteiger partial charge in [0.15, 0.2) is 0 Å². The average Bonchev–Trinajstić information content (AvgIpc) is 2.94. The molecule has 144 valence electrons. The third-order valence-electron chi connectivity index (χ3n) is 4.61. The molecule has 7 heteroatoms. The van der Waals surface area contributed by atoms with Crippen molar-refractivity contribution in [2.24, 2.45) is 0 Å². The molecule has 0 spiro atoms. The van der Waals surface area contributed by atoms with Crippen LogP contribution in [0.4, 0.5) is 0 Å². The van der Waals surface area contributed by atoms with Crippen LogP contribution in [0.25, 0.3) is 10.9 Å². The van der Waals surface area contributed by atoms with E-state index in [-0.39, 0.29) is 10.3 Å². The number of fused-ring (bicyclic) bond motifs is 1. The Labute approximate surface area is 165 Å². The van der Waals surface area contributed by atoms with Crippen molar-refractivity contribution in [1.29, 1.82) is 0 Å². The lowest BCUT2D eigenvalue weighted by Crippen LogP contribution is -2.21. The van der Waals surface area contributed by atoms with Crippen LogP contribution in [0.2, 0.25) is 0 Å². The number of ether oxygens (including phenoxy) is 1. The van der Waals surface area contributed by atoms with Crippen LogP contribution in [0.1, 0.15) is 12.6 Å². The number of nitrogens with zero attached hydrogens (tertiary/aromatic N) is 2. The molecule has 3 rings (SSSR count). The molecule has 0 fully saturated rings. The molecule has 1 heterocycles. The number of aromatic nitrogens is 1. The molecule has 0 bridgehead atoms. The molecular formula is C20H24N2O3S2. The molecule has 0 aliphatic heterocycles. The van der Waals surface area contributed by atoms with E-state index in [1.807, 2.05) is 45.3 Å². The van der Waals surface area contributed by atoms with Crippen molar-refractivity contribution >= 4 is 32.7 Å². The van der Waals surface area contributed by atoms with E-state index < -0.39 is 10.0 Å². The minimum atomic E-state index is -3.72. The second-order valence-corrected chi connectivity index (χ2v) is 9.67. The molecule has 1 atom stereocenters. The predicted octanol–water partition coefficient (Wildman–Crippen LogP) is 4.20. The first-order valence-electron chi connectivity index (χ1n) is 8.60. The highest BCUT2D eigenvalue weighted by atomic mass is 32.2. The summed E-state index contributed by atoms with van der Waals surface area (Å²) in [5, 5.41) is 1.16. The summed E-state index contributed by atoms with van der Waals surface area (Å²) < 4.78 is 33.4. The molecule has 3 aromatic rings. The summed E-state index contributed by atoms with van der Waals surface area (Å²) in [6.07, 6.45) is 0. The van der Waals surface area contributed by atoms with Crippen molar-refractivity contribution in [3.05, 3.63) is 54.2 Å². The molecule has 1 unspecified atom stereocenters. The summed E-state index contributed by atoms with van der Waals surface area (Å²) in [6, 6.07) is 14.1. The van der Waals surface area contributed by atoms with Gasteiger partial charge in [-0.2, -0.15) is 0 Å². The van der Waals surface area contributed by atoms with E-state index in [2.05, 4.69) is 11.8 Å². The van der Waals surface area contributed by atoms with Gasteiger partial charge in [0.2, 0.25) is 0 Å². The molecule has 1 aromatic heterocycles. The Bertz CT molecular complexity index is 1050. The summed E-state index contributed by atoms with van der Waals surface area (Å²) >= 11 is 1.67. The number of hydrogen-bond acceptors (Lipinski definition) is 5. The average molecular weight is 405 g/mol. The largest absolute Gasteiger partial charge is 0.497 e. The Kier molecular flexibility index (Phi) is 5.55. The van der Waals surface area contributed by atoms with Gasteiger partial charge in [0.25, 0.3) is 10.0 Å². The fourth-order valence-electron chi connectivity index (χ4n) is 2.90. The molecule has 27 heavy (non-hydrogen) atoms. The van der Waals surface area contributed by atoms with Crippen LogP contribution < -0.4 is 4.74 Å². The highest BCUT2D eigenvalue weighted by Crippen LogP contribution is 2.38. The fraction of sp³-hybridized carbons (Fsp3) is 0.300. The Balaban J connectivity index is 2.20. The minimum absolute atomic E-state index is 0.214. The number of rotatable bonds is 6. The van der Waals surface area contributed by atoms with Gasteiger partial charge in [0.05, 0.1) is 22.9 Å². The third-order valence-corrected chi connectivity index (χ3v) is 7.95. The van der Waals surface area contributed by atoms with Gasteiger partial charge in [-0.25, -0.2) is 12.4 Å². The van der Waals surface area contributed by atoms with Gasteiger partial charge in [0.1, 0.15) is 5.75 Å². The van der Waals surface area contributed by atoms with Crippen LogP contribution in [0.15, 0.2) is 58.3 Å². The van der Waals surface area contributed by atoms with Crippen molar-refractivity contribution < 1.29 is 13.2 Å². The molecular weight excluding hydrogens is 380 g/mol. The van der Waals surface area contributed by atoms with E-state index >= 15 is 0 Å². The SMILES string of the molecule is COc1ccc(S(=O)(=O)n2c(C)c(SC(C)N(C)C)c3ccccc32)cc1. The highest BCUT2D eigenvalue weighted by Gasteiger charge is 2.26. The predicted molar refractivity (Wildman–Crippen MR) is 111 cm³/mol. The Morgan fingerprint density at radius 1 is 1.07 bits per heavy atom. The Morgan fingerprint density at radius 2 is 1.70 bits per heavy atom. The van der Waals surface area contributed by atoms with Gasteiger partial charge in [-0.3, -0.25) is 4.90 Å². The first kappa shape index (κ1) is 19.8. The molecule has 0 saturated carbocycles. The van der Waals surface area contributed by atoms with Crippen molar-refractivity contribution in [2.45, 2.75) is 29.0 Å². The van der Waals surface area contributed by atoms with E-state index in [1.54, 1.807) is 43.1 Å². The fourth-order valence-corrected chi connectivity index (χ4v) is 5.63. The van der Waals surface area contributed by atoms with Gasteiger partial charge in [0, 0.05) is 16.0 Å². The smallest absolute Gasteiger partial charge is 0.268 e. The number of hydrogen-bond donors (Lipinski definition) is 0. The normalized spacial score (nSPS) is 13.3. The van der Waals surface area contributed by atoms with Gasteiger partial charge in [-0.15, -0.1) is 11.8 Å². The maximum atomic E-state index is 13.4. The van der Waals surface area contributed by atoms with Crippen LogP contribution in [-0.2, 0) is 10.0 Å². The number of benzene rings is 2. The van der Waals surface area contributed by atoms with Crippen molar-refractivity contribution in [3.63, 3.8) is 0 Å². The second kappa shape index (κ2) is 7.58. The maximum Gasteiger partial charge on any atom is 0.268 e. The molecule has 0 aliphatic rings. The van der Waals surface area contributed by atoms with Crippen LogP contribution >= 0.6 is 11.8 Å². The maximum absolute atomic E-state index is 13.4. The third kappa shape index (κ3) is 3.59. The van der Waals surface area contributed by atoms with Crippen LogP contribution in [-0.4, -0.2) is 43.9 Å². The lowest BCUT2D eigenvalue weighted by molar-refractivity contribution is 0.402. The highest BCUT2D eigenvalue weighted by molar-refractivity contribution is 8.00. The van der Waals surface area contributed by atoms with Gasteiger partial charge in [-0.05, 0) is 58.3 Å². The van der Waals surface area contributed by atoms with E-state index in [0.717, 1.165) is 16.0 Å². The summed E-state index contributed by atoms with van der Waals surface area (Å²) in [6.45, 7) is 3.97. The van der Waals surface area contributed by atoms with E-state index in [1.165, 1.54) is 3.97 Å². The molecule has 5 nitrogen and oxygen atoms in total. The van der Waals surface area contributed by atoms with Gasteiger partial charge < -0.3 is 4.74 Å². The summed E-state index contributed by atoms with van der Waals surface area (Å²) in [4.78, 5) is 3.34. The van der Waals surface area contributed by atoms with E-state index in [0.29, 0.717) is 11.3 Å². The van der Waals surface area contributed by atoms with Crippen LogP contribution in [0.5, 0.6) is 5.75 Å². The van der Waals surface area contributed by atoms with Crippen LogP contribution in [0, 0.1) is 6.92 Å². The summed E-state index contributed by atoms with van der Waals surface area (Å²) in [7, 11) is 1.86. The van der Waals surface area contributed by atoms with Gasteiger partial charge in [-0.1, -0.05) is 18.2 Å². The zero-order valence-electron chi connectivity index (χ0n) is 16.1.